The van der Waals surface area contributed by atoms with Crippen LogP contribution in [-0.4, -0.2) is 32.8 Å². The number of rotatable bonds is 10. The minimum Gasteiger partial charge on any atom is -0.309 e. The summed E-state index contributed by atoms with van der Waals surface area (Å²) in [5.74, 6) is 1.39. The summed E-state index contributed by atoms with van der Waals surface area (Å²) in [5.41, 5.74) is 25.1. The zero-order valence-corrected chi connectivity index (χ0v) is 59.0. The van der Waals surface area contributed by atoms with Crippen LogP contribution in [0.15, 0.2) is 382 Å². The molecule has 506 valence electrons. The molecule has 0 amide bonds. The van der Waals surface area contributed by atoms with Crippen LogP contribution in [0.1, 0.15) is 0 Å². The fourth-order valence-corrected chi connectivity index (χ4v) is 18.2. The molecule has 0 aliphatic rings. The van der Waals surface area contributed by atoms with Gasteiger partial charge in [0.2, 0.25) is 0 Å². The van der Waals surface area contributed by atoms with Gasteiger partial charge < -0.3 is 18.3 Å². The lowest BCUT2D eigenvalue weighted by Crippen LogP contribution is -2.03. The summed E-state index contributed by atoms with van der Waals surface area (Å²) in [4.78, 5) is 11.5. The van der Waals surface area contributed by atoms with Crippen LogP contribution in [0.4, 0.5) is 0 Å². The normalized spacial score (nSPS) is 12.0. The molecule has 6 heterocycles. The molecule has 7 nitrogen and oxygen atoms in total. The van der Waals surface area contributed by atoms with Gasteiger partial charge in [-0.2, -0.15) is 0 Å². The molecule has 0 aliphatic heterocycles. The van der Waals surface area contributed by atoms with Crippen LogP contribution in [-0.2, 0) is 0 Å². The molecule has 0 N–H and O–H groups in total. The molecule has 17 aromatic carbocycles. The van der Waals surface area contributed by atoms with Crippen molar-refractivity contribution in [3.63, 3.8) is 0 Å². The number of hydrogen-bond acceptors (Lipinski definition) is 2. The van der Waals surface area contributed by atoms with Crippen LogP contribution in [0.2, 0.25) is 0 Å². The summed E-state index contributed by atoms with van der Waals surface area (Å²) in [6.07, 6.45) is 0. The Bertz CT molecular complexity index is 7650. The van der Waals surface area contributed by atoms with E-state index < -0.39 is 0 Å². The van der Waals surface area contributed by atoms with Crippen LogP contribution < -0.4 is 0 Å². The molecule has 23 aromatic rings. The molecule has 0 saturated carbocycles. The zero-order chi connectivity index (χ0) is 71.4. The van der Waals surface area contributed by atoms with Crippen molar-refractivity contribution in [2.45, 2.75) is 0 Å². The second-order valence-electron chi connectivity index (χ2n) is 28.7. The SMILES string of the molecule is c1ccc(-c2cc(-n3c4ccccc4c4cc5ccccc5c(-c5ccc6c7ccccc7n(-c7ccccc7)c6c5)c43)nc(-c3cccc(-c4cccc5c4c4cc6ccccc6c(-c6ccc(-n7c8ccccc8c8ccccc87)cc6)c4n5-c4ccc5c6ccccc6n(-c6ccccc6)c5c4)c3)n2)cc1. The molecule has 0 unspecified atom stereocenters. The van der Waals surface area contributed by atoms with Gasteiger partial charge in [-0.15, -0.1) is 0 Å². The first-order chi connectivity index (χ1) is 54.1. The topological polar surface area (TPSA) is 50.4 Å². The molecule has 7 heteroatoms. The van der Waals surface area contributed by atoms with Crippen LogP contribution >= 0.6 is 0 Å². The average molecular weight is 1390 g/mol. The standard InChI is InChI=1S/C102H63N7/c1-4-26-64(27-5-1)87-63-96(109-92-48-23-18-42-82(92)85-59-67-28-10-13-37-76(67)98(100(85)109)69-52-56-83-80-40-16-21-46-90(80)106(94(83)61-69)71-32-6-2-7-33-71)104-102(103-87)70-31-24-30-66(58-70)77-43-25-49-93-99(77)86-60-68-29-11-12-36-75(68)97(65-50-53-73(54-51-65)105-88-44-19-14-38-78(88)79-39-15-20-45-89(79)105)101(86)108(93)74-55-57-84-81-41-17-22-47-91(81)107(95(84)62-74)72-34-8-3-9-35-72/h1-63H. The third-order valence-electron chi connectivity index (χ3n) is 22.8. The van der Waals surface area contributed by atoms with Crippen molar-refractivity contribution in [1.29, 1.82) is 0 Å². The summed E-state index contributed by atoms with van der Waals surface area (Å²) >= 11 is 0. The first-order valence-corrected chi connectivity index (χ1v) is 37.4. The van der Waals surface area contributed by atoms with Gasteiger partial charge >= 0.3 is 0 Å². The highest BCUT2D eigenvalue weighted by Gasteiger charge is 2.27. The lowest BCUT2D eigenvalue weighted by molar-refractivity contribution is 1.05. The number of hydrogen-bond donors (Lipinski definition) is 0. The Hall–Kier alpha value is -14.7. The molecule has 109 heavy (non-hydrogen) atoms. The van der Waals surface area contributed by atoms with E-state index in [0.717, 1.165) is 150 Å². The number of para-hydroxylation sites is 7. The molecule has 23 rings (SSSR count). The Labute approximate surface area is 626 Å². The molecular formula is C102H63N7. The van der Waals surface area contributed by atoms with E-state index in [4.69, 9.17) is 9.97 Å². The zero-order valence-electron chi connectivity index (χ0n) is 59.0. The first kappa shape index (κ1) is 60.7. The summed E-state index contributed by atoms with van der Waals surface area (Å²) < 4.78 is 12.2. The highest BCUT2D eigenvalue weighted by atomic mass is 15.1. The Balaban J connectivity index is 0.758. The summed E-state index contributed by atoms with van der Waals surface area (Å²) in [5, 5.41) is 16.6. The number of aromatic nitrogens is 7. The second kappa shape index (κ2) is 23.9. The van der Waals surface area contributed by atoms with Crippen LogP contribution in [0, 0.1) is 0 Å². The smallest absolute Gasteiger partial charge is 0.162 e. The van der Waals surface area contributed by atoms with Gasteiger partial charge in [0, 0.05) is 105 Å². The maximum atomic E-state index is 5.85. The number of nitrogens with zero attached hydrogens (tertiary/aromatic N) is 7. The lowest BCUT2D eigenvalue weighted by atomic mass is 9.92. The highest BCUT2D eigenvalue weighted by molar-refractivity contribution is 6.26. The highest BCUT2D eigenvalue weighted by Crippen LogP contribution is 2.49. The van der Waals surface area contributed by atoms with Crippen molar-refractivity contribution in [2.75, 3.05) is 0 Å². The van der Waals surface area contributed by atoms with Crippen molar-refractivity contribution >= 4 is 131 Å². The number of benzene rings is 17. The predicted molar refractivity (Wildman–Crippen MR) is 456 cm³/mol. The summed E-state index contributed by atoms with van der Waals surface area (Å²) in [7, 11) is 0. The average Bonchev–Trinajstić information content (AvgIpc) is 1.56. The minimum absolute atomic E-state index is 0.620. The van der Waals surface area contributed by atoms with E-state index >= 15 is 0 Å². The van der Waals surface area contributed by atoms with E-state index in [0.29, 0.717) is 5.82 Å². The van der Waals surface area contributed by atoms with Crippen molar-refractivity contribution in [3.05, 3.63) is 382 Å². The third-order valence-corrected chi connectivity index (χ3v) is 22.8. The quantitative estimate of drug-likeness (QED) is 0.137. The maximum absolute atomic E-state index is 5.85. The van der Waals surface area contributed by atoms with Gasteiger partial charge in [0.25, 0.3) is 0 Å². The largest absolute Gasteiger partial charge is 0.309 e. The van der Waals surface area contributed by atoms with Gasteiger partial charge in [-0.05, 0) is 153 Å². The van der Waals surface area contributed by atoms with Gasteiger partial charge in [-0.25, -0.2) is 9.97 Å². The minimum atomic E-state index is 0.620. The Morgan fingerprint density at radius 1 is 0.193 bits per heavy atom. The molecule has 0 aliphatic carbocycles. The molecule has 0 saturated heterocycles. The van der Waals surface area contributed by atoms with E-state index in [2.05, 4.69) is 405 Å². The summed E-state index contributed by atoms with van der Waals surface area (Å²) in [6.45, 7) is 0. The molecular weight excluding hydrogens is 1320 g/mol. The molecule has 0 radical (unpaired) electrons. The van der Waals surface area contributed by atoms with E-state index in [9.17, 15) is 0 Å². The van der Waals surface area contributed by atoms with Gasteiger partial charge in [0.15, 0.2) is 5.82 Å². The van der Waals surface area contributed by atoms with E-state index in [1.807, 2.05) is 0 Å². The molecule has 0 bridgehead atoms. The van der Waals surface area contributed by atoms with Crippen LogP contribution in [0.25, 0.3) is 215 Å². The molecule has 0 spiro atoms. The van der Waals surface area contributed by atoms with Gasteiger partial charge in [0.1, 0.15) is 5.82 Å². The molecule has 0 fully saturated rings. The monoisotopic (exact) mass is 1390 g/mol. The van der Waals surface area contributed by atoms with Gasteiger partial charge in [-0.1, -0.05) is 267 Å². The first-order valence-electron chi connectivity index (χ1n) is 37.4. The van der Waals surface area contributed by atoms with Crippen LogP contribution in [0.3, 0.4) is 0 Å². The Morgan fingerprint density at radius 2 is 0.596 bits per heavy atom. The predicted octanol–water partition coefficient (Wildman–Crippen LogP) is 26.6. The van der Waals surface area contributed by atoms with E-state index in [1.165, 1.54) is 59.6 Å². The van der Waals surface area contributed by atoms with Gasteiger partial charge in [-0.3, -0.25) is 4.57 Å². The molecule has 6 aromatic heterocycles. The van der Waals surface area contributed by atoms with Crippen molar-refractivity contribution in [2.24, 2.45) is 0 Å². The number of fused-ring (bicyclic) bond motifs is 17. The third kappa shape index (κ3) is 9.24. The maximum Gasteiger partial charge on any atom is 0.162 e. The lowest BCUT2D eigenvalue weighted by Gasteiger charge is -2.16. The fraction of sp³-hybridized carbons (Fsp3) is 0. The van der Waals surface area contributed by atoms with Crippen molar-refractivity contribution in [1.82, 2.24) is 32.8 Å². The summed E-state index contributed by atoms with van der Waals surface area (Å²) in [6, 6.07) is 140. The second-order valence-corrected chi connectivity index (χ2v) is 28.7. The van der Waals surface area contributed by atoms with E-state index in [1.54, 1.807) is 0 Å². The fourth-order valence-electron chi connectivity index (χ4n) is 18.2. The van der Waals surface area contributed by atoms with E-state index in [-0.39, 0.29) is 0 Å². The van der Waals surface area contributed by atoms with Crippen molar-refractivity contribution in [3.8, 4) is 84.6 Å². The van der Waals surface area contributed by atoms with Crippen molar-refractivity contribution < 1.29 is 0 Å². The van der Waals surface area contributed by atoms with Crippen LogP contribution in [0.5, 0.6) is 0 Å². The Morgan fingerprint density at radius 3 is 1.19 bits per heavy atom. The van der Waals surface area contributed by atoms with Gasteiger partial charge in [0.05, 0.1) is 60.9 Å². The molecule has 0 atom stereocenters. The Kier molecular flexibility index (Phi) is 13.3.